The van der Waals surface area contributed by atoms with Crippen LogP contribution in [0.25, 0.3) is 11.1 Å². The average Bonchev–Trinajstić information content (AvgIpc) is 3.19. The number of nitrogens with two attached hydrogens (primary N) is 1. The fraction of sp³-hybridized carbons (Fsp3) is 0.422. The first-order valence-corrected chi connectivity index (χ1v) is 19.8. The first-order valence-electron chi connectivity index (χ1n) is 19.8. The van der Waals surface area contributed by atoms with Crippen molar-refractivity contribution >= 4 is 23.2 Å². The molecule has 0 spiro atoms. The van der Waals surface area contributed by atoms with Crippen molar-refractivity contribution in [1.29, 1.82) is 0 Å². The minimum absolute atomic E-state index is 0.00559. The predicted molar refractivity (Wildman–Crippen MR) is 214 cm³/mol. The molecular weight excluding hydrogens is 677 g/mol. The van der Waals surface area contributed by atoms with Crippen molar-refractivity contribution in [3.05, 3.63) is 119 Å². The van der Waals surface area contributed by atoms with E-state index >= 15 is 0 Å². The van der Waals surface area contributed by atoms with Crippen molar-refractivity contribution in [1.82, 2.24) is 10.2 Å². The van der Waals surface area contributed by atoms with Gasteiger partial charge in [0.2, 0.25) is 11.8 Å². The Morgan fingerprint density at radius 3 is 2.17 bits per heavy atom. The molecule has 4 aromatic rings. The summed E-state index contributed by atoms with van der Waals surface area (Å²) in [6.07, 6.45) is 9.72. The summed E-state index contributed by atoms with van der Waals surface area (Å²) in [5.74, 6) is -0.0637. The molecule has 9 heteroatoms. The Morgan fingerprint density at radius 1 is 0.722 bits per heavy atom. The number of anilines is 2. The van der Waals surface area contributed by atoms with Crippen LogP contribution in [0.4, 0.5) is 11.4 Å². The summed E-state index contributed by atoms with van der Waals surface area (Å²) in [4.78, 5) is 27.4. The Morgan fingerprint density at radius 2 is 1.43 bits per heavy atom. The first-order chi connectivity index (χ1) is 26.4. The zero-order valence-electron chi connectivity index (χ0n) is 31.4. The van der Waals surface area contributed by atoms with Crippen LogP contribution < -0.4 is 16.4 Å². The lowest BCUT2D eigenvalue weighted by molar-refractivity contribution is -0.253. The van der Waals surface area contributed by atoms with Gasteiger partial charge in [-0.25, -0.2) is 0 Å². The Kier molecular flexibility index (Phi) is 14.7. The molecule has 0 bridgehead atoms. The highest BCUT2D eigenvalue weighted by Crippen LogP contribution is 2.39. The second-order valence-corrected chi connectivity index (χ2v) is 14.7. The summed E-state index contributed by atoms with van der Waals surface area (Å²) >= 11 is 0. The van der Waals surface area contributed by atoms with Gasteiger partial charge in [0.15, 0.2) is 6.29 Å². The SMILES string of the molecule is Nc1ccccc1NC(=O)CCCCCC(=O)NCc1cccc(-c2ccc([C@H]3O[C@@H](CN4CCCCCCC4)C[C@@H](c4ccc(CO)cc4)O3)cc2)c1. The number of hydrogen-bond acceptors (Lipinski definition) is 7. The number of hydrogen-bond donors (Lipinski definition) is 4. The van der Waals surface area contributed by atoms with Crippen LogP contribution in [0.3, 0.4) is 0 Å². The summed E-state index contributed by atoms with van der Waals surface area (Å²) in [5, 5.41) is 15.5. The van der Waals surface area contributed by atoms with Crippen LogP contribution in [0.2, 0.25) is 0 Å². The number of nitrogen functional groups attached to an aromatic ring is 1. The van der Waals surface area contributed by atoms with Crippen molar-refractivity contribution in [2.45, 2.75) is 102 Å². The summed E-state index contributed by atoms with van der Waals surface area (Å²) in [5.41, 5.74) is 13.2. The molecule has 0 unspecified atom stereocenters. The number of benzene rings is 4. The maximum atomic E-state index is 12.6. The predicted octanol–water partition coefficient (Wildman–Crippen LogP) is 8.45. The van der Waals surface area contributed by atoms with Crippen LogP contribution in [-0.4, -0.2) is 47.6 Å². The number of rotatable bonds is 15. The van der Waals surface area contributed by atoms with Gasteiger partial charge in [0.25, 0.3) is 0 Å². The molecule has 2 amide bonds. The topological polar surface area (TPSA) is 126 Å². The van der Waals surface area contributed by atoms with Gasteiger partial charge in [0.1, 0.15) is 0 Å². The van der Waals surface area contributed by atoms with Crippen LogP contribution in [0.15, 0.2) is 97.1 Å². The standard InChI is InChI=1S/C45H56N4O5/c46-40-14-7-8-15-41(40)48-44(52)17-6-4-5-16-43(51)47-30-34-12-11-13-38(28-34)35-22-24-37(25-23-35)45-53-39(31-49-26-9-2-1-3-10-27-49)29-42(54-45)36-20-18-33(32-50)19-21-36/h7-8,11-15,18-25,28,39,42,45,50H,1-6,9-10,16-17,26-27,29-32,46H2,(H,47,51)(H,48,52)/t39-,42+,45+/m1/s1. The number of carbonyl (C=O) groups excluding carboxylic acids is 2. The number of amides is 2. The summed E-state index contributed by atoms with van der Waals surface area (Å²) in [7, 11) is 0. The Hall–Kier alpha value is -4.54. The maximum absolute atomic E-state index is 12.6. The minimum atomic E-state index is -0.484. The third-order valence-electron chi connectivity index (χ3n) is 10.5. The van der Waals surface area contributed by atoms with E-state index in [4.69, 9.17) is 15.2 Å². The van der Waals surface area contributed by atoms with E-state index in [0.29, 0.717) is 37.2 Å². The smallest absolute Gasteiger partial charge is 0.224 e. The number of nitrogens with one attached hydrogen (secondary N) is 2. The molecule has 2 aliphatic rings. The molecule has 2 aliphatic heterocycles. The molecule has 4 aromatic carbocycles. The van der Waals surface area contributed by atoms with Crippen molar-refractivity contribution in [2.24, 2.45) is 0 Å². The van der Waals surface area contributed by atoms with Crippen molar-refractivity contribution < 1.29 is 24.2 Å². The quantitative estimate of drug-likeness (QED) is 0.0714. The van der Waals surface area contributed by atoms with Gasteiger partial charge in [0.05, 0.1) is 30.2 Å². The number of para-hydroxylation sites is 2. The van der Waals surface area contributed by atoms with Crippen LogP contribution in [0.5, 0.6) is 0 Å². The molecule has 54 heavy (non-hydrogen) atoms. The molecule has 9 nitrogen and oxygen atoms in total. The number of nitrogens with zero attached hydrogens (tertiary/aromatic N) is 1. The van der Waals surface area contributed by atoms with Crippen LogP contribution >= 0.6 is 0 Å². The normalized spacial score (nSPS) is 19.4. The molecule has 2 saturated heterocycles. The van der Waals surface area contributed by atoms with Gasteiger partial charge in [-0.1, -0.05) is 105 Å². The molecule has 0 aliphatic carbocycles. The van der Waals surface area contributed by atoms with Gasteiger partial charge in [-0.2, -0.15) is 0 Å². The van der Waals surface area contributed by atoms with Crippen molar-refractivity contribution in [2.75, 3.05) is 30.7 Å². The van der Waals surface area contributed by atoms with E-state index in [1.165, 1.54) is 32.1 Å². The molecule has 6 rings (SSSR count). The molecule has 5 N–H and O–H groups in total. The molecule has 0 radical (unpaired) electrons. The second kappa shape index (κ2) is 20.2. The molecule has 286 valence electrons. The average molecular weight is 733 g/mol. The van der Waals surface area contributed by atoms with E-state index in [9.17, 15) is 14.7 Å². The maximum Gasteiger partial charge on any atom is 0.224 e. The third kappa shape index (κ3) is 11.7. The molecule has 2 heterocycles. The number of aliphatic hydroxyl groups excluding tert-OH is 1. The number of ether oxygens (including phenoxy) is 2. The van der Waals surface area contributed by atoms with Crippen LogP contribution in [-0.2, 0) is 32.2 Å². The molecule has 2 fully saturated rings. The fourth-order valence-electron chi connectivity index (χ4n) is 7.37. The van der Waals surface area contributed by atoms with Gasteiger partial charge in [-0.3, -0.25) is 9.59 Å². The lowest BCUT2D eigenvalue weighted by Gasteiger charge is -2.38. The summed E-state index contributed by atoms with van der Waals surface area (Å²) < 4.78 is 13.3. The molecule has 0 saturated carbocycles. The Labute approximate surface area is 320 Å². The Balaban J connectivity index is 1.000. The minimum Gasteiger partial charge on any atom is -0.397 e. The lowest BCUT2D eigenvalue weighted by Crippen LogP contribution is -2.40. The van der Waals surface area contributed by atoms with E-state index in [2.05, 4.69) is 64.1 Å². The zero-order valence-corrected chi connectivity index (χ0v) is 31.4. The van der Waals surface area contributed by atoms with Gasteiger partial charge < -0.3 is 35.8 Å². The molecule has 3 atom stereocenters. The van der Waals surface area contributed by atoms with Gasteiger partial charge in [0, 0.05) is 37.9 Å². The van der Waals surface area contributed by atoms with Gasteiger partial charge in [-0.05, 0) is 84.8 Å². The summed E-state index contributed by atoms with van der Waals surface area (Å²) in [6.45, 7) is 3.61. The zero-order chi connectivity index (χ0) is 37.5. The van der Waals surface area contributed by atoms with E-state index in [-0.39, 0.29) is 30.6 Å². The van der Waals surface area contributed by atoms with E-state index in [0.717, 1.165) is 72.3 Å². The monoisotopic (exact) mass is 732 g/mol. The van der Waals surface area contributed by atoms with E-state index in [1.807, 2.05) is 36.4 Å². The van der Waals surface area contributed by atoms with Gasteiger partial charge >= 0.3 is 0 Å². The molecule has 0 aromatic heterocycles. The third-order valence-corrected chi connectivity index (χ3v) is 10.5. The lowest BCUT2D eigenvalue weighted by atomic mass is 9.98. The summed E-state index contributed by atoms with van der Waals surface area (Å²) in [6, 6.07) is 32.0. The van der Waals surface area contributed by atoms with Gasteiger partial charge in [-0.15, -0.1) is 0 Å². The number of aliphatic hydroxyl groups is 1. The Bertz CT molecular complexity index is 1770. The number of likely N-dealkylation sites (tertiary alicyclic amines) is 1. The molecular formula is C45H56N4O5. The van der Waals surface area contributed by atoms with Crippen molar-refractivity contribution in [3.63, 3.8) is 0 Å². The van der Waals surface area contributed by atoms with E-state index in [1.54, 1.807) is 12.1 Å². The van der Waals surface area contributed by atoms with E-state index < -0.39 is 6.29 Å². The highest BCUT2D eigenvalue weighted by molar-refractivity contribution is 5.93. The second-order valence-electron chi connectivity index (χ2n) is 14.7. The highest BCUT2D eigenvalue weighted by atomic mass is 16.7. The number of unbranched alkanes of at least 4 members (excludes halogenated alkanes) is 2. The fourth-order valence-corrected chi connectivity index (χ4v) is 7.37. The highest BCUT2D eigenvalue weighted by Gasteiger charge is 2.33. The number of carbonyl (C=O) groups is 2. The first kappa shape index (κ1) is 39.2. The van der Waals surface area contributed by atoms with Crippen molar-refractivity contribution in [3.8, 4) is 11.1 Å². The van der Waals surface area contributed by atoms with Crippen LogP contribution in [0.1, 0.15) is 105 Å². The van der Waals surface area contributed by atoms with Crippen LogP contribution in [0, 0.1) is 0 Å². The largest absolute Gasteiger partial charge is 0.397 e.